The van der Waals surface area contributed by atoms with Crippen molar-refractivity contribution < 1.29 is 24.5 Å². The zero-order valence-corrected chi connectivity index (χ0v) is 30.0. The molecule has 0 amide bonds. The van der Waals surface area contributed by atoms with Gasteiger partial charge in [-0.2, -0.15) is 0 Å². The predicted molar refractivity (Wildman–Crippen MR) is 183 cm³/mol. The summed E-state index contributed by atoms with van der Waals surface area (Å²) in [6.07, 6.45) is 11.1. The molecule has 256 valence electrons. The summed E-state index contributed by atoms with van der Waals surface area (Å²) in [7, 11) is 0. The van der Waals surface area contributed by atoms with E-state index in [1.165, 1.54) is 31.3 Å². The molecule has 7 fully saturated rings. The van der Waals surface area contributed by atoms with Crippen molar-refractivity contribution in [2.45, 2.75) is 149 Å². The molecule has 1 saturated heterocycles. The second kappa shape index (κ2) is 10.1. The van der Waals surface area contributed by atoms with Crippen LogP contribution in [0.25, 0.3) is 0 Å². The van der Waals surface area contributed by atoms with Crippen molar-refractivity contribution >= 4 is 11.6 Å². The summed E-state index contributed by atoms with van der Waals surface area (Å²) in [5.74, 6) is 2.57. The lowest BCUT2D eigenvalue weighted by Gasteiger charge is -2.70. The summed E-state index contributed by atoms with van der Waals surface area (Å²) in [6.45, 7) is 16.2. The van der Waals surface area contributed by atoms with Crippen LogP contribution in [0.1, 0.15) is 131 Å². The van der Waals surface area contributed by atoms with E-state index in [1.807, 2.05) is 12.1 Å². The van der Waals surface area contributed by atoms with Crippen molar-refractivity contribution in [3.05, 3.63) is 41.0 Å². The van der Waals surface area contributed by atoms with Crippen LogP contribution in [0.4, 0.5) is 0 Å². The van der Waals surface area contributed by atoms with Gasteiger partial charge >= 0.3 is 0 Å². The molecular weight excluding hydrogens is 584 g/mol. The maximum absolute atomic E-state index is 14.7. The number of phenols is 1. The van der Waals surface area contributed by atoms with Crippen LogP contribution >= 0.6 is 0 Å². The van der Waals surface area contributed by atoms with E-state index in [-0.39, 0.29) is 39.6 Å². The Hall–Kier alpha value is -1.98. The number of aromatic hydroxyl groups is 1. The minimum atomic E-state index is -0.594. The van der Waals surface area contributed by atoms with E-state index in [4.69, 9.17) is 4.74 Å². The van der Waals surface area contributed by atoms with Crippen LogP contribution in [0.5, 0.6) is 5.75 Å². The first-order valence-corrected chi connectivity index (χ1v) is 19.0. The standard InChI is InChI=1S/C42H58O5/c1-24(19-30(44)35-41(7,47-35)26-11-8-9-12-26)33-29-15-16-32-38(4)23-42(27-13-10-14-28(43)20-27)18-17-25(34(38)37(2,3)36(42)46)21-40(32,6)39(29,5)22-31(33)45/h10,13-14,20,24-26,30,32,34-35,43-44H,8-9,11-12,15-19,21-23H2,1-7H3. The molecule has 1 heterocycles. The molecule has 2 N–H and O–H groups in total. The first kappa shape index (κ1) is 32.2. The molecule has 9 rings (SSSR count). The summed E-state index contributed by atoms with van der Waals surface area (Å²) in [6, 6.07) is 7.56. The predicted octanol–water partition coefficient (Wildman–Crippen LogP) is 8.49. The Balaban J connectivity index is 1.13. The summed E-state index contributed by atoms with van der Waals surface area (Å²) >= 11 is 0. The molecule has 7 aliphatic carbocycles. The molecule has 5 heteroatoms. The molecule has 6 saturated carbocycles. The molecule has 11 atom stereocenters. The van der Waals surface area contributed by atoms with Crippen molar-refractivity contribution in [3.8, 4) is 5.75 Å². The summed E-state index contributed by atoms with van der Waals surface area (Å²) in [4.78, 5) is 28.9. The molecule has 11 unspecified atom stereocenters. The summed E-state index contributed by atoms with van der Waals surface area (Å²) in [5, 5.41) is 22.0. The van der Waals surface area contributed by atoms with Gasteiger partial charge in [0, 0.05) is 17.3 Å². The maximum Gasteiger partial charge on any atom is 0.159 e. The van der Waals surface area contributed by atoms with Crippen LogP contribution in [0, 0.1) is 51.2 Å². The fourth-order valence-corrected chi connectivity index (χ4v) is 14.7. The van der Waals surface area contributed by atoms with E-state index in [0.717, 1.165) is 49.7 Å². The number of rotatable bonds is 6. The number of ketones is 2. The number of benzene rings is 1. The number of ether oxygens (including phenoxy) is 1. The Labute approximate surface area is 282 Å². The number of hydrogen-bond acceptors (Lipinski definition) is 5. The fraction of sp³-hybridized carbons (Fsp3) is 0.762. The molecular formula is C42H58O5. The number of allylic oxidation sites excluding steroid dienone is 2. The Morgan fingerprint density at radius 1 is 1.00 bits per heavy atom. The highest BCUT2D eigenvalue weighted by atomic mass is 16.6. The third-order valence-electron chi connectivity index (χ3n) is 16.5. The molecule has 1 aliphatic heterocycles. The Kier molecular flexibility index (Phi) is 6.90. The van der Waals surface area contributed by atoms with E-state index in [0.29, 0.717) is 48.1 Å². The number of aliphatic hydroxyl groups excluding tert-OH is 1. The van der Waals surface area contributed by atoms with Crippen LogP contribution in [-0.2, 0) is 19.7 Å². The van der Waals surface area contributed by atoms with Crippen LogP contribution in [-0.4, -0.2) is 39.6 Å². The van der Waals surface area contributed by atoms with Gasteiger partial charge in [0.25, 0.3) is 0 Å². The second-order valence-corrected chi connectivity index (χ2v) is 19.1. The molecule has 47 heavy (non-hydrogen) atoms. The van der Waals surface area contributed by atoms with Gasteiger partial charge in [-0.15, -0.1) is 0 Å². The average Bonchev–Trinajstić information content (AvgIpc) is 3.32. The van der Waals surface area contributed by atoms with Crippen molar-refractivity contribution in [2.24, 2.45) is 51.2 Å². The third-order valence-corrected chi connectivity index (χ3v) is 16.5. The van der Waals surface area contributed by atoms with Gasteiger partial charge in [-0.25, -0.2) is 0 Å². The molecule has 1 aromatic rings. The van der Waals surface area contributed by atoms with Gasteiger partial charge in [-0.05, 0) is 128 Å². The van der Waals surface area contributed by atoms with E-state index >= 15 is 0 Å². The molecule has 5 nitrogen and oxygen atoms in total. The first-order valence-electron chi connectivity index (χ1n) is 19.0. The van der Waals surface area contributed by atoms with E-state index in [9.17, 15) is 19.8 Å². The minimum absolute atomic E-state index is 0.00885. The lowest BCUT2D eigenvalue weighted by atomic mass is 9.33. The number of carbonyl (C=O) groups is 2. The highest BCUT2D eigenvalue weighted by Gasteiger charge is 2.74. The van der Waals surface area contributed by atoms with Crippen LogP contribution in [0.15, 0.2) is 35.4 Å². The molecule has 1 aromatic carbocycles. The van der Waals surface area contributed by atoms with Crippen molar-refractivity contribution in [3.63, 3.8) is 0 Å². The topological polar surface area (TPSA) is 87.1 Å². The number of epoxide rings is 1. The summed E-state index contributed by atoms with van der Waals surface area (Å²) < 4.78 is 6.23. The SMILES string of the molecule is CC(CC(O)C1OC1(C)C1CCCC1)C1=C2CCC3C4(C)CC5(c6cccc(O)c6)CCC(CC3(C)C2(C)CC1=O)C4C(C)(C)C5=O. The second-order valence-electron chi connectivity index (χ2n) is 19.1. The number of fused-ring (bicyclic) bond motifs is 5. The van der Waals surface area contributed by atoms with Gasteiger partial charge in [0.05, 0.1) is 17.1 Å². The summed E-state index contributed by atoms with van der Waals surface area (Å²) in [5.41, 5.74) is 1.79. The lowest BCUT2D eigenvalue weighted by molar-refractivity contribution is -0.201. The Morgan fingerprint density at radius 3 is 2.43 bits per heavy atom. The highest BCUT2D eigenvalue weighted by Crippen LogP contribution is 2.78. The van der Waals surface area contributed by atoms with Crippen molar-refractivity contribution in [1.82, 2.24) is 0 Å². The maximum atomic E-state index is 14.7. The molecule has 8 aliphatic rings. The van der Waals surface area contributed by atoms with E-state index in [1.54, 1.807) is 6.07 Å². The highest BCUT2D eigenvalue weighted by molar-refractivity contribution is 6.01. The quantitative estimate of drug-likeness (QED) is 0.304. The molecule has 4 bridgehead atoms. The lowest BCUT2D eigenvalue weighted by Crippen LogP contribution is -2.67. The minimum Gasteiger partial charge on any atom is -0.508 e. The Bertz CT molecular complexity index is 1550. The van der Waals surface area contributed by atoms with E-state index in [2.05, 4.69) is 54.5 Å². The molecule has 0 spiro atoms. The normalized spacial score (nSPS) is 46.6. The van der Waals surface area contributed by atoms with Crippen LogP contribution in [0.3, 0.4) is 0 Å². The number of Topliss-reactive ketones (excluding diaryl/α,β-unsaturated/α-hetero) is 2. The zero-order valence-electron chi connectivity index (χ0n) is 30.0. The van der Waals surface area contributed by atoms with Crippen molar-refractivity contribution in [2.75, 3.05) is 0 Å². The first-order chi connectivity index (χ1) is 22.0. The van der Waals surface area contributed by atoms with Crippen molar-refractivity contribution in [1.29, 1.82) is 0 Å². The third kappa shape index (κ3) is 4.08. The smallest absolute Gasteiger partial charge is 0.159 e. The number of hydrogen-bond donors (Lipinski definition) is 2. The number of carbonyl (C=O) groups excluding carboxylic acids is 2. The van der Waals surface area contributed by atoms with Crippen LogP contribution < -0.4 is 0 Å². The average molecular weight is 643 g/mol. The monoisotopic (exact) mass is 642 g/mol. The van der Waals surface area contributed by atoms with Gasteiger partial charge in [0.2, 0.25) is 0 Å². The largest absolute Gasteiger partial charge is 0.508 e. The van der Waals surface area contributed by atoms with Gasteiger partial charge in [0.15, 0.2) is 5.78 Å². The Morgan fingerprint density at radius 2 is 1.72 bits per heavy atom. The number of aliphatic hydroxyl groups is 1. The van der Waals surface area contributed by atoms with Gasteiger partial charge < -0.3 is 14.9 Å². The number of phenolic OH excluding ortho intramolecular Hbond substituents is 1. The van der Waals surface area contributed by atoms with E-state index < -0.39 is 16.9 Å². The zero-order chi connectivity index (χ0) is 33.5. The van der Waals surface area contributed by atoms with Crippen LogP contribution in [0.2, 0.25) is 0 Å². The van der Waals surface area contributed by atoms with Gasteiger partial charge in [-0.1, -0.05) is 72.1 Å². The molecule has 0 radical (unpaired) electrons. The van der Waals surface area contributed by atoms with Gasteiger partial charge in [0.1, 0.15) is 17.6 Å². The molecule has 0 aromatic heterocycles. The fourth-order valence-electron chi connectivity index (χ4n) is 14.7. The van der Waals surface area contributed by atoms with Gasteiger partial charge in [-0.3, -0.25) is 9.59 Å².